The lowest BCUT2D eigenvalue weighted by molar-refractivity contribution is -0.198. The molecule has 0 N–H and O–H groups in total. The van der Waals surface area contributed by atoms with E-state index in [-0.39, 0.29) is 239 Å². The maximum Gasteiger partial charge on any atom is 0.306 e. The fourth-order valence-corrected chi connectivity index (χ4v) is 39.8. The molecule has 146 heavy (non-hydrogen) atoms. The average molecular weight is 2030 g/mol. The van der Waals surface area contributed by atoms with Crippen molar-refractivity contribution in [2.45, 2.75) is 471 Å². The fraction of sp³-hybridized carbons (Fsp3) is 0.852. The van der Waals surface area contributed by atoms with E-state index in [0.29, 0.717) is 143 Å². The standard InChI is InChI=1S/C122H182O24/c1-67(95-33-37-99-91-29-25-83-55-87(139-71(5)123)45-49-115(83,13)103(91)59-107(119(95,99)17)143-75(9)127)21-41-111(131)135-63-79-53-81(65-137-113(133)43-23-69(3)97-35-39-101-93-31-27-85-57-89(141-73(7)125)47-51-117(85,15)105(93)61-109(121(97,101)19)145-77(11)129)82(66-138-114(134)44-24-70(4)98-36-40-102-94-32-28-86-58-90(142-74(8)126)48-52-118(86,16)106(94)62-110(122(98,102)20)146-78(12)130)54-80(79)64-136-112(132)42-22-68(2)96-34-38-100-92-30-26-84-56-88(140-72(6)124)46-50-116(84,14)104(92)60-108(120(96,100)18)144-76(10)128/h53-54,67-70,83-110H,21-52,55-66H2,1-20H3/t67-,68-,69-,70-,83-,84-,85-,86-,87-,88-,89-,90-,91+,92+,93+,94+,95-,96-,97-,98-,99+,100+,101+,102+,103+,104+,105+,106+,107+,108+,109+,110+,115+,116+,117+,118+,119-,120-,121-,122-/m1/s1. The number of hydrogen-bond acceptors (Lipinski definition) is 24. The van der Waals surface area contributed by atoms with Crippen molar-refractivity contribution in [2.24, 2.45) is 185 Å². The van der Waals surface area contributed by atoms with E-state index in [0.717, 1.165) is 205 Å². The number of rotatable bonds is 32. The zero-order valence-electron chi connectivity index (χ0n) is 92.5. The normalized spacial score (nSPS) is 42.3. The SMILES string of the molecule is CC(=O)O[C@@H]1CC[C@@]2(C)[C@H](CC[C@@H]3[C@@H]2C[C@H](OC(C)=O)[C@]2(C)[C@@H]([C@H](C)CCC(=O)OCc4cc(COC(=O)CC[C@@H](C)[C@H]5CC[C@H]6[C@@H]7CC[C@@H]8C[C@H](OC(C)=O)CC[C@]8(C)[C@H]7C[C@H](OC(C)=O)[C@]56C)c(COC(=O)CC[C@@H](C)[C@H]5CC[C@H]6[C@@H]7CC[C@@H]8C[C@H](OC(C)=O)CC[C@]8(C)[C@H]7C[C@H](OC(C)=O)[C@]56C)cc4COC(=O)CC[C@@H](C)[C@H]4CC[C@H]5[C@@H]6CC[C@@H]7C[C@H](OC(C)=O)CC[C@]7(C)[C@H]6C[C@H](OC(C)=O)[C@]45C)CC[C@@H]32)C1. The van der Waals surface area contributed by atoms with Crippen LogP contribution in [0.5, 0.6) is 0 Å². The van der Waals surface area contributed by atoms with E-state index in [1.807, 2.05) is 12.1 Å². The Morgan fingerprint density at radius 1 is 0.247 bits per heavy atom. The van der Waals surface area contributed by atoms with Crippen LogP contribution in [-0.4, -0.2) is 120 Å². The average Bonchev–Trinajstić information content (AvgIpc) is 1.47. The molecule has 24 nitrogen and oxygen atoms in total. The summed E-state index contributed by atoms with van der Waals surface area (Å²) in [6, 6.07) is 3.71. The number of carbonyl (C=O) groups is 12. The molecule has 0 radical (unpaired) electrons. The molecule has 24 heteroatoms. The second-order valence-electron chi connectivity index (χ2n) is 53.3. The van der Waals surface area contributed by atoms with E-state index in [1.165, 1.54) is 55.4 Å². The van der Waals surface area contributed by atoms with Crippen molar-refractivity contribution in [1.29, 1.82) is 0 Å². The summed E-state index contributed by atoms with van der Waals surface area (Å²) < 4.78 is 75.4. The third kappa shape index (κ3) is 21.2. The fourth-order valence-electron chi connectivity index (χ4n) is 39.8. The second kappa shape index (κ2) is 43.8. The third-order valence-corrected chi connectivity index (χ3v) is 46.7. The summed E-state index contributed by atoms with van der Waals surface area (Å²) in [6.45, 7) is 39.4. The number of ether oxygens (including phenoxy) is 12. The van der Waals surface area contributed by atoms with Crippen molar-refractivity contribution in [3.8, 4) is 0 Å². The van der Waals surface area contributed by atoms with Gasteiger partial charge in [0.2, 0.25) is 0 Å². The van der Waals surface area contributed by atoms with Crippen LogP contribution < -0.4 is 0 Å². The Morgan fingerprint density at radius 3 is 0.623 bits per heavy atom. The Bertz CT molecular complexity index is 4360. The van der Waals surface area contributed by atoms with Gasteiger partial charge in [-0.15, -0.1) is 0 Å². The van der Waals surface area contributed by atoms with Gasteiger partial charge in [-0.05, 0) is 429 Å². The van der Waals surface area contributed by atoms with Gasteiger partial charge in [0.25, 0.3) is 0 Å². The van der Waals surface area contributed by atoms with Gasteiger partial charge in [0, 0.05) is 103 Å². The van der Waals surface area contributed by atoms with Gasteiger partial charge < -0.3 is 56.8 Å². The van der Waals surface area contributed by atoms with Crippen LogP contribution in [0.1, 0.15) is 418 Å². The van der Waals surface area contributed by atoms with Gasteiger partial charge >= 0.3 is 71.6 Å². The molecular weight excluding hydrogens is 1850 g/mol. The summed E-state index contributed by atoms with van der Waals surface area (Å²) in [5.74, 6) is 3.15. The highest BCUT2D eigenvalue weighted by Gasteiger charge is 2.71. The second-order valence-corrected chi connectivity index (χ2v) is 53.3. The Morgan fingerprint density at radius 2 is 0.438 bits per heavy atom. The zero-order chi connectivity index (χ0) is 105. The zero-order valence-corrected chi connectivity index (χ0v) is 92.5. The molecule has 17 rings (SSSR count). The highest BCUT2D eigenvalue weighted by Crippen LogP contribution is 2.75. The van der Waals surface area contributed by atoms with Crippen molar-refractivity contribution < 1.29 is 114 Å². The third-order valence-electron chi connectivity index (χ3n) is 46.7. The number of carbonyl (C=O) groups excluding carboxylic acids is 12. The summed E-state index contributed by atoms with van der Waals surface area (Å²) in [5.41, 5.74) is 0.847. The quantitative estimate of drug-likeness (QED) is 0.0478. The highest BCUT2D eigenvalue weighted by molar-refractivity contribution is 5.73. The minimum absolute atomic E-state index is 0.0188. The summed E-state index contributed by atoms with van der Waals surface area (Å²) >= 11 is 0. The van der Waals surface area contributed by atoms with Crippen LogP contribution in [-0.2, 0) is 141 Å². The molecule has 16 fully saturated rings. The Labute approximate surface area is 871 Å². The molecule has 1 aromatic rings. The predicted molar refractivity (Wildman–Crippen MR) is 546 cm³/mol. The van der Waals surface area contributed by atoms with E-state index >= 15 is 0 Å². The first kappa shape index (κ1) is 110. The van der Waals surface area contributed by atoms with Crippen LogP contribution in [0.25, 0.3) is 0 Å². The van der Waals surface area contributed by atoms with Crippen molar-refractivity contribution in [3.05, 3.63) is 34.4 Å². The predicted octanol–water partition coefficient (Wildman–Crippen LogP) is 24.1. The molecule has 16 aliphatic carbocycles. The van der Waals surface area contributed by atoms with Gasteiger partial charge in [-0.2, -0.15) is 0 Å². The van der Waals surface area contributed by atoms with Gasteiger partial charge in [-0.3, -0.25) is 57.5 Å². The molecule has 0 unspecified atom stereocenters. The molecule has 0 bridgehead atoms. The Kier molecular flexibility index (Phi) is 33.0. The monoisotopic (exact) mass is 2030 g/mol. The lowest BCUT2D eigenvalue weighted by atomic mass is 9.43. The molecule has 0 aliphatic heterocycles. The van der Waals surface area contributed by atoms with Gasteiger partial charge in [0.15, 0.2) is 0 Å². The summed E-state index contributed by atoms with van der Waals surface area (Å²) in [6.07, 6.45) is 31.0. The van der Waals surface area contributed by atoms with Gasteiger partial charge in [0.05, 0.1) is 0 Å². The summed E-state index contributed by atoms with van der Waals surface area (Å²) in [7, 11) is 0. The van der Waals surface area contributed by atoms with Crippen molar-refractivity contribution in [2.75, 3.05) is 0 Å². The van der Waals surface area contributed by atoms with E-state index in [2.05, 4.69) is 83.1 Å². The highest BCUT2D eigenvalue weighted by atomic mass is 16.6. The largest absolute Gasteiger partial charge is 0.463 e. The summed E-state index contributed by atoms with van der Waals surface area (Å²) in [5, 5.41) is 0. The van der Waals surface area contributed by atoms with E-state index in [9.17, 15) is 57.5 Å². The number of fused-ring (bicyclic) bond motifs is 20. The van der Waals surface area contributed by atoms with Crippen LogP contribution >= 0.6 is 0 Å². The van der Waals surface area contributed by atoms with Gasteiger partial charge in [-0.25, -0.2) is 0 Å². The van der Waals surface area contributed by atoms with Crippen LogP contribution in [0.15, 0.2) is 12.1 Å². The molecule has 16 aliphatic rings. The van der Waals surface area contributed by atoms with Crippen molar-refractivity contribution in [1.82, 2.24) is 0 Å². The van der Waals surface area contributed by atoms with E-state index in [4.69, 9.17) is 56.8 Å². The van der Waals surface area contributed by atoms with Crippen LogP contribution in [0.2, 0.25) is 0 Å². The maximum atomic E-state index is 14.9. The number of hydrogen-bond donors (Lipinski definition) is 0. The number of benzene rings is 1. The molecule has 0 saturated heterocycles. The Balaban J connectivity index is 0.622. The maximum absolute atomic E-state index is 14.9. The molecule has 814 valence electrons. The minimum Gasteiger partial charge on any atom is -0.463 e. The summed E-state index contributed by atoms with van der Waals surface area (Å²) in [4.78, 5) is 162. The first-order valence-electron chi connectivity index (χ1n) is 58.2. The number of esters is 12. The van der Waals surface area contributed by atoms with Crippen LogP contribution in [0.4, 0.5) is 0 Å². The molecule has 1 aromatic carbocycles. The molecule has 16 saturated carbocycles. The molecule has 0 amide bonds. The topological polar surface area (TPSA) is 316 Å². The molecule has 0 aromatic heterocycles. The van der Waals surface area contributed by atoms with Crippen molar-refractivity contribution >= 4 is 71.6 Å². The lowest BCUT2D eigenvalue weighted by Gasteiger charge is -2.62. The van der Waals surface area contributed by atoms with Gasteiger partial charge in [0.1, 0.15) is 75.3 Å². The molecular formula is C122H182O24. The van der Waals surface area contributed by atoms with Gasteiger partial charge in [-0.1, -0.05) is 83.1 Å². The van der Waals surface area contributed by atoms with E-state index in [1.54, 1.807) is 0 Å². The lowest BCUT2D eigenvalue weighted by Crippen LogP contribution is -2.59. The molecule has 0 spiro atoms. The van der Waals surface area contributed by atoms with Crippen LogP contribution in [0, 0.1) is 185 Å². The first-order chi connectivity index (χ1) is 69.1. The Hall–Kier alpha value is -7.14. The first-order valence-corrected chi connectivity index (χ1v) is 58.2. The van der Waals surface area contributed by atoms with Crippen LogP contribution in [0.3, 0.4) is 0 Å². The smallest absolute Gasteiger partial charge is 0.306 e. The minimum atomic E-state index is -0.415. The van der Waals surface area contributed by atoms with E-state index < -0.39 is 23.9 Å². The molecule has 0 heterocycles. The molecule has 40 atom stereocenters. The van der Waals surface area contributed by atoms with Crippen molar-refractivity contribution in [3.63, 3.8) is 0 Å².